The number of nitrogens with one attached hydrogen (secondary N) is 1. The molecule has 1 N–H and O–H groups in total. The number of amides is 1. The fourth-order valence-corrected chi connectivity index (χ4v) is 2.53. The third kappa shape index (κ3) is 5.52. The first-order chi connectivity index (χ1) is 8.63. The Hall–Kier alpha value is -1.06. The smallest absolute Gasteiger partial charge is 0.308 e. The van der Waals surface area contributed by atoms with Gasteiger partial charge in [0.15, 0.2) is 0 Å². The van der Waals surface area contributed by atoms with Crippen molar-refractivity contribution in [2.24, 2.45) is 11.8 Å². The van der Waals surface area contributed by atoms with Crippen LogP contribution < -0.4 is 5.32 Å². The van der Waals surface area contributed by atoms with Crippen molar-refractivity contribution < 1.29 is 14.3 Å². The molecule has 0 aromatic carbocycles. The van der Waals surface area contributed by atoms with Gasteiger partial charge in [-0.25, -0.2) is 0 Å². The molecule has 1 amide bonds. The third-order valence-electron chi connectivity index (χ3n) is 3.69. The van der Waals surface area contributed by atoms with Gasteiger partial charge in [-0.3, -0.25) is 9.59 Å². The first-order valence-electron chi connectivity index (χ1n) is 6.98. The quantitative estimate of drug-likeness (QED) is 0.741. The lowest BCUT2D eigenvalue weighted by Crippen LogP contribution is -2.29. The van der Waals surface area contributed by atoms with E-state index in [0.717, 1.165) is 18.9 Å². The van der Waals surface area contributed by atoms with Crippen molar-refractivity contribution in [2.75, 3.05) is 13.7 Å². The van der Waals surface area contributed by atoms with Crippen LogP contribution in [0.15, 0.2) is 0 Å². The molecule has 4 nitrogen and oxygen atoms in total. The number of carbonyl (C=O) groups is 2. The molecule has 0 aromatic rings. The Labute approximate surface area is 109 Å². The Morgan fingerprint density at radius 3 is 2.56 bits per heavy atom. The van der Waals surface area contributed by atoms with Crippen molar-refractivity contribution in [1.29, 1.82) is 0 Å². The van der Waals surface area contributed by atoms with E-state index in [1.54, 1.807) is 6.92 Å². The maximum atomic E-state index is 11.6. The molecular formula is C14H25NO3. The second-order valence-electron chi connectivity index (χ2n) is 5.27. The third-order valence-corrected chi connectivity index (χ3v) is 3.69. The Morgan fingerprint density at radius 1 is 1.28 bits per heavy atom. The highest BCUT2D eigenvalue weighted by Gasteiger charge is 2.18. The number of methoxy groups -OCH3 is 1. The molecule has 0 unspecified atom stereocenters. The normalized spacial score (nSPS) is 18.1. The Bertz CT molecular complexity index is 272. The van der Waals surface area contributed by atoms with Crippen LogP contribution in [0, 0.1) is 11.8 Å². The van der Waals surface area contributed by atoms with Gasteiger partial charge in [-0.1, -0.05) is 39.0 Å². The average Bonchev–Trinajstić information content (AvgIpc) is 2.38. The molecule has 4 heteroatoms. The molecule has 104 valence electrons. The van der Waals surface area contributed by atoms with Gasteiger partial charge in [0, 0.05) is 13.0 Å². The van der Waals surface area contributed by atoms with Crippen LogP contribution in [-0.2, 0) is 14.3 Å². The summed E-state index contributed by atoms with van der Waals surface area (Å²) in [4.78, 5) is 22.8. The van der Waals surface area contributed by atoms with Crippen LogP contribution in [0.2, 0.25) is 0 Å². The molecule has 1 rings (SSSR count). The zero-order valence-corrected chi connectivity index (χ0v) is 11.5. The summed E-state index contributed by atoms with van der Waals surface area (Å²) in [5.74, 6) is 0.0444. The van der Waals surface area contributed by atoms with Gasteiger partial charge >= 0.3 is 5.97 Å². The molecule has 1 aliphatic rings. The highest BCUT2D eigenvalue weighted by Crippen LogP contribution is 2.25. The summed E-state index contributed by atoms with van der Waals surface area (Å²) in [6, 6.07) is 0. The van der Waals surface area contributed by atoms with Crippen LogP contribution in [-0.4, -0.2) is 25.5 Å². The van der Waals surface area contributed by atoms with Gasteiger partial charge < -0.3 is 10.1 Å². The minimum atomic E-state index is -0.357. The Morgan fingerprint density at radius 2 is 1.94 bits per heavy atom. The first-order valence-corrected chi connectivity index (χ1v) is 6.98. The van der Waals surface area contributed by atoms with Gasteiger partial charge in [0.25, 0.3) is 0 Å². The molecule has 0 saturated heterocycles. The van der Waals surface area contributed by atoms with Gasteiger partial charge in [-0.2, -0.15) is 0 Å². The summed E-state index contributed by atoms with van der Waals surface area (Å²) in [5.41, 5.74) is 0. The second-order valence-corrected chi connectivity index (χ2v) is 5.27. The second kappa shape index (κ2) is 8.11. The van der Waals surface area contributed by atoms with Gasteiger partial charge in [-0.05, 0) is 12.3 Å². The predicted octanol–water partition coefficient (Wildman–Crippen LogP) is 2.27. The van der Waals surface area contributed by atoms with Crippen molar-refractivity contribution in [2.45, 2.75) is 51.9 Å². The van der Waals surface area contributed by atoms with E-state index < -0.39 is 0 Å². The molecule has 18 heavy (non-hydrogen) atoms. The molecule has 1 aliphatic carbocycles. The van der Waals surface area contributed by atoms with Gasteiger partial charge in [0.05, 0.1) is 13.0 Å². The van der Waals surface area contributed by atoms with Gasteiger partial charge in [0.1, 0.15) is 0 Å². The summed E-state index contributed by atoms with van der Waals surface area (Å²) in [5, 5.41) is 2.89. The summed E-state index contributed by atoms with van der Waals surface area (Å²) < 4.78 is 4.59. The predicted molar refractivity (Wildman–Crippen MR) is 70.0 cm³/mol. The lowest BCUT2D eigenvalue weighted by Gasteiger charge is -2.21. The van der Waals surface area contributed by atoms with E-state index in [2.05, 4.69) is 10.1 Å². The molecule has 0 aromatic heterocycles. The van der Waals surface area contributed by atoms with E-state index in [1.807, 2.05) is 0 Å². The zero-order valence-electron chi connectivity index (χ0n) is 11.5. The maximum Gasteiger partial charge on any atom is 0.308 e. The monoisotopic (exact) mass is 255 g/mol. The maximum absolute atomic E-state index is 11.6. The fourth-order valence-electron chi connectivity index (χ4n) is 2.53. The molecular weight excluding hydrogens is 230 g/mol. The van der Waals surface area contributed by atoms with E-state index in [4.69, 9.17) is 0 Å². The molecule has 1 saturated carbocycles. The molecule has 0 bridgehead atoms. The lowest BCUT2D eigenvalue weighted by molar-refractivity contribution is -0.146. The van der Waals surface area contributed by atoms with Crippen LogP contribution in [0.4, 0.5) is 0 Å². The molecule has 0 spiro atoms. The van der Waals surface area contributed by atoms with E-state index in [0.29, 0.717) is 0 Å². The van der Waals surface area contributed by atoms with E-state index >= 15 is 0 Å². The van der Waals surface area contributed by atoms with E-state index in [-0.39, 0.29) is 24.2 Å². The highest BCUT2D eigenvalue weighted by atomic mass is 16.5. The van der Waals surface area contributed by atoms with Gasteiger partial charge in [0.2, 0.25) is 5.91 Å². The van der Waals surface area contributed by atoms with Crippen LogP contribution in [0.5, 0.6) is 0 Å². The Kier molecular flexibility index (Phi) is 6.76. The molecule has 0 aliphatic heterocycles. The summed E-state index contributed by atoms with van der Waals surface area (Å²) in [7, 11) is 1.35. The average molecular weight is 255 g/mol. The largest absolute Gasteiger partial charge is 0.469 e. The summed E-state index contributed by atoms with van der Waals surface area (Å²) in [6.45, 7) is 2.45. The standard InChI is InChI=1S/C14H25NO3/c1-11(14(17)18-2)10-13(16)15-9-8-12-6-4-3-5-7-12/h11-12H,3-10H2,1-2H3,(H,15,16)/t11-/m1/s1. The topological polar surface area (TPSA) is 55.4 Å². The van der Waals surface area contributed by atoms with Crippen LogP contribution in [0.1, 0.15) is 51.9 Å². The number of hydrogen-bond donors (Lipinski definition) is 1. The minimum absolute atomic E-state index is 0.0521. The first kappa shape index (κ1) is 15.0. The zero-order chi connectivity index (χ0) is 13.4. The minimum Gasteiger partial charge on any atom is -0.469 e. The highest BCUT2D eigenvalue weighted by molar-refractivity contribution is 5.82. The van der Waals surface area contributed by atoms with Crippen LogP contribution in [0.25, 0.3) is 0 Å². The number of rotatable bonds is 6. The fraction of sp³-hybridized carbons (Fsp3) is 0.857. The molecule has 1 fully saturated rings. The number of esters is 1. The molecule has 0 heterocycles. The van der Waals surface area contributed by atoms with Crippen LogP contribution in [0.3, 0.4) is 0 Å². The van der Waals surface area contributed by atoms with E-state index in [9.17, 15) is 9.59 Å². The summed E-state index contributed by atoms with van der Waals surface area (Å²) >= 11 is 0. The number of carbonyl (C=O) groups excluding carboxylic acids is 2. The van der Waals surface area contributed by atoms with Crippen molar-refractivity contribution in [3.63, 3.8) is 0 Å². The van der Waals surface area contributed by atoms with Crippen molar-refractivity contribution in [1.82, 2.24) is 5.32 Å². The van der Waals surface area contributed by atoms with Crippen LogP contribution >= 0.6 is 0 Å². The van der Waals surface area contributed by atoms with Crippen molar-refractivity contribution >= 4 is 11.9 Å². The SMILES string of the molecule is COC(=O)[C@H](C)CC(=O)NCCC1CCCCC1. The van der Waals surface area contributed by atoms with Crippen molar-refractivity contribution in [3.05, 3.63) is 0 Å². The van der Waals surface area contributed by atoms with Crippen molar-refractivity contribution in [3.8, 4) is 0 Å². The molecule has 0 radical (unpaired) electrons. The Balaban J connectivity index is 2.11. The lowest BCUT2D eigenvalue weighted by atomic mass is 9.87. The number of ether oxygens (including phenoxy) is 1. The number of hydrogen-bond acceptors (Lipinski definition) is 3. The van der Waals surface area contributed by atoms with E-state index in [1.165, 1.54) is 39.2 Å². The van der Waals surface area contributed by atoms with Gasteiger partial charge in [-0.15, -0.1) is 0 Å². The molecule has 1 atom stereocenters. The summed E-state index contributed by atoms with van der Waals surface area (Å²) in [6.07, 6.45) is 7.91.